The van der Waals surface area contributed by atoms with Crippen molar-refractivity contribution in [2.75, 3.05) is 0 Å². The van der Waals surface area contributed by atoms with Gasteiger partial charge >= 0.3 is 5.97 Å². The second-order valence-corrected chi connectivity index (χ2v) is 5.51. The van der Waals surface area contributed by atoms with Crippen LogP contribution in [0.1, 0.15) is 50.2 Å². The molecule has 0 radical (unpaired) electrons. The van der Waals surface area contributed by atoms with Gasteiger partial charge < -0.3 is 10.2 Å². The SMILES string of the molecule is CC1(c2cc(CCC(=O)O)ccc2O)CCCC1. The van der Waals surface area contributed by atoms with Gasteiger partial charge in [0.2, 0.25) is 0 Å². The molecule has 3 nitrogen and oxygen atoms in total. The maximum atomic E-state index is 10.6. The minimum absolute atomic E-state index is 0.0588. The molecule has 0 unspecified atom stereocenters. The summed E-state index contributed by atoms with van der Waals surface area (Å²) < 4.78 is 0. The first-order valence-corrected chi connectivity index (χ1v) is 6.55. The van der Waals surface area contributed by atoms with Crippen molar-refractivity contribution in [2.24, 2.45) is 0 Å². The third-order valence-electron chi connectivity index (χ3n) is 4.05. The number of aryl methyl sites for hydroxylation is 1. The fraction of sp³-hybridized carbons (Fsp3) is 0.533. The van der Waals surface area contributed by atoms with E-state index in [1.54, 1.807) is 6.07 Å². The van der Waals surface area contributed by atoms with E-state index in [1.165, 1.54) is 12.8 Å². The number of hydrogen-bond acceptors (Lipinski definition) is 2. The van der Waals surface area contributed by atoms with Crippen molar-refractivity contribution < 1.29 is 15.0 Å². The topological polar surface area (TPSA) is 57.5 Å². The first-order valence-electron chi connectivity index (χ1n) is 6.55. The molecule has 0 aromatic heterocycles. The van der Waals surface area contributed by atoms with Crippen molar-refractivity contribution >= 4 is 5.97 Å². The van der Waals surface area contributed by atoms with E-state index in [9.17, 15) is 9.90 Å². The summed E-state index contributed by atoms with van der Waals surface area (Å²) in [5.41, 5.74) is 2.05. The van der Waals surface area contributed by atoms with Crippen LogP contribution < -0.4 is 0 Å². The van der Waals surface area contributed by atoms with Crippen LogP contribution in [0.4, 0.5) is 0 Å². The van der Waals surface area contributed by atoms with Gasteiger partial charge in [0, 0.05) is 12.0 Å². The Bertz CT molecular complexity index is 445. The van der Waals surface area contributed by atoms with E-state index in [0.29, 0.717) is 12.2 Å². The second-order valence-electron chi connectivity index (χ2n) is 5.51. The Morgan fingerprint density at radius 3 is 2.61 bits per heavy atom. The molecule has 0 bridgehead atoms. The van der Waals surface area contributed by atoms with Crippen molar-refractivity contribution in [3.05, 3.63) is 29.3 Å². The predicted octanol–water partition coefficient (Wildman–Crippen LogP) is 3.24. The highest BCUT2D eigenvalue weighted by Crippen LogP contribution is 2.44. The molecule has 18 heavy (non-hydrogen) atoms. The third-order valence-corrected chi connectivity index (χ3v) is 4.05. The van der Waals surface area contributed by atoms with E-state index in [4.69, 9.17) is 5.11 Å². The number of phenolic OH excluding ortho intramolecular Hbond substituents is 1. The normalized spacial score (nSPS) is 17.8. The summed E-state index contributed by atoms with van der Waals surface area (Å²) in [5, 5.41) is 18.7. The zero-order valence-corrected chi connectivity index (χ0v) is 10.8. The van der Waals surface area contributed by atoms with Gasteiger partial charge in [0.15, 0.2) is 0 Å². The Hall–Kier alpha value is -1.51. The van der Waals surface area contributed by atoms with E-state index >= 15 is 0 Å². The van der Waals surface area contributed by atoms with E-state index in [1.807, 2.05) is 12.1 Å². The molecule has 0 atom stereocenters. The first-order chi connectivity index (χ1) is 8.51. The number of carbonyl (C=O) groups is 1. The molecule has 2 N–H and O–H groups in total. The molecule has 3 heteroatoms. The quantitative estimate of drug-likeness (QED) is 0.860. The Balaban J connectivity index is 2.23. The molecule has 1 aromatic rings. The number of aliphatic carboxylic acids is 1. The Labute approximate surface area is 107 Å². The molecule has 1 aliphatic carbocycles. The average Bonchev–Trinajstić information content (AvgIpc) is 2.76. The maximum Gasteiger partial charge on any atom is 0.303 e. The molecule has 1 saturated carbocycles. The van der Waals surface area contributed by atoms with Gasteiger partial charge in [-0.05, 0) is 36.3 Å². The first kappa shape index (κ1) is 12.9. The summed E-state index contributed by atoms with van der Waals surface area (Å²) in [5.74, 6) is -0.435. The summed E-state index contributed by atoms with van der Waals surface area (Å²) in [6, 6.07) is 5.51. The number of aromatic hydroxyl groups is 1. The molecule has 0 aliphatic heterocycles. The van der Waals surface area contributed by atoms with Crippen LogP contribution in [0.15, 0.2) is 18.2 Å². The van der Waals surface area contributed by atoms with Gasteiger partial charge in [-0.15, -0.1) is 0 Å². The number of carboxylic acids is 1. The molecule has 1 fully saturated rings. The van der Waals surface area contributed by atoms with Crippen LogP contribution >= 0.6 is 0 Å². The summed E-state index contributed by atoms with van der Waals surface area (Å²) in [7, 11) is 0. The monoisotopic (exact) mass is 248 g/mol. The van der Waals surface area contributed by atoms with Gasteiger partial charge in [0.05, 0.1) is 0 Å². The van der Waals surface area contributed by atoms with Crippen molar-refractivity contribution in [2.45, 2.75) is 50.9 Å². The molecule has 1 aromatic carbocycles. The van der Waals surface area contributed by atoms with Crippen LogP contribution in [-0.2, 0) is 16.6 Å². The Kier molecular flexibility index (Phi) is 3.60. The predicted molar refractivity (Wildman–Crippen MR) is 69.9 cm³/mol. The molecule has 0 heterocycles. The summed E-state index contributed by atoms with van der Waals surface area (Å²) in [6.07, 6.45) is 5.27. The fourth-order valence-corrected chi connectivity index (χ4v) is 2.90. The minimum Gasteiger partial charge on any atom is -0.508 e. The highest BCUT2D eigenvalue weighted by molar-refractivity contribution is 5.67. The fourth-order valence-electron chi connectivity index (χ4n) is 2.90. The Morgan fingerprint density at radius 2 is 2.00 bits per heavy atom. The van der Waals surface area contributed by atoms with Gasteiger partial charge in [0.1, 0.15) is 5.75 Å². The van der Waals surface area contributed by atoms with Crippen LogP contribution in [0.3, 0.4) is 0 Å². The number of hydrogen-bond donors (Lipinski definition) is 2. The summed E-state index contributed by atoms with van der Waals surface area (Å²) in [4.78, 5) is 10.6. The van der Waals surface area contributed by atoms with Crippen molar-refractivity contribution in [3.8, 4) is 5.75 Å². The molecule has 0 spiro atoms. The molecular weight excluding hydrogens is 228 g/mol. The smallest absolute Gasteiger partial charge is 0.303 e. The van der Waals surface area contributed by atoms with Crippen molar-refractivity contribution in [1.82, 2.24) is 0 Å². The van der Waals surface area contributed by atoms with Crippen LogP contribution in [0, 0.1) is 0 Å². The maximum absolute atomic E-state index is 10.6. The highest BCUT2D eigenvalue weighted by Gasteiger charge is 2.32. The lowest BCUT2D eigenvalue weighted by Crippen LogP contribution is -2.17. The highest BCUT2D eigenvalue weighted by atomic mass is 16.4. The number of phenols is 1. The van der Waals surface area contributed by atoms with Crippen LogP contribution in [-0.4, -0.2) is 16.2 Å². The second kappa shape index (κ2) is 5.01. The summed E-state index contributed by atoms with van der Waals surface area (Å²) in [6.45, 7) is 2.19. The average molecular weight is 248 g/mol. The van der Waals surface area contributed by atoms with Crippen molar-refractivity contribution in [1.29, 1.82) is 0 Å². The van der Waals surface area contributed by atoms with Gasteiger partial charge in [-0.25, -0.2) is 0 Å². The van der Waals surface area contributed by atoms with Crippen LogP contribution in [0.5, 0.6) is 5.75 Å². The molecular formula is C15H20O3. The van der Waals surface area contributed by atoms with E-state index < -0.39 is 5.97 Å². The zero-order chi connectivity index (χ0) is 13.2. The molecule has 0 amide bonds. The number of rotatable bonds is 4. The Morgan fingerprint density at radius 1 is 1.33 bits per heavy atom. The van der Waals surface area contributed by atoms with Crippen LogP contribution in [0.2, 0.25) is 0 Å². The van der Waals surface area contributed by atoms with Crippen molar-refractivity contribution in [3.63, 3.8) is 0 Å². The number of carboxylic acid groups (broad SMARTS) is 1. The summed E-state index contributed by atoms with van der Waals surface area (Å²) >= 11 is 0. The van der Waals surface area contributed by atoms with Gasteiger partial charge in [0.25, 0.3) is 0 Å². The molecule has 2 rings (SSSR count). The molecule has 0 saturated heterocycles. The minimum atomic E-state index is -0.781. The molecule has 98 valence electrons. The standard InChI is InChI=1S/C15H20O3/c1-15(8-2-3-9-15)12-10-11(4-6-13(12)16)5-7-14(17)18/h4,6,10,16H,2-3,5,7-9H2,1H3,(H,17,18). The van der Waals surface area contributed by atoms with E-state index in [-0.39, 0.29) is 11.8 Å². The van der Waals surface area contributed by atoms with Gasteiger partial charge in [-0.2, -0.15) is 0 Å². The van der Waals surface area contributed by atoms with E-state index in [0.717, 1.165) is 24.0 Å². The van der Waals surface area contributed by atoms with Gasteiger partial charge in [-0.1, -0.05) is 31.9 Å². The van der Waals surface area contributed by atoms with Crippen LogP contribution in [0.25, 0.3) is 0 Å². The lowest BCUT2D eigenvalue weighted by atomic mass is 9.79. The largest absolute Gasteiger partial charge is 0.508 e. The third kappa shape index (κ3) is 2.66. The van der Waals surface area contributed by atoms with E-state index in [2.05, 4.69) is 6.92 Å². The number of benzene rings is 1. The molecule has 1 aliphatic rings. The lowest BCUT2D eigenvalue weighted by Gasteiger charge is -2.25. The zero-order valence-electron chi connectivity index (χ0n) is 10.8. The lowest BCUT2D eigenvalue weighted by molar-refractivity contribution is -0.136. The van der Waals surface area contributed by atoms with Gasteiger partial charge in [-0.3, -0.25) is 4.79 Å².